The minimum absolute atomic E-state index is 1.15. The summed E-state index contributed by atoms with van der Waals surface area (Å²) in [7, 11) is -6.09. The van der Waals surface area contributed by atoms with Gasteiger partial charge in [0, 0.05) is 0 Å². The zero-order valence-corrected chi connectivity index (χ0v) is 8.97. The molecule has 1 aromatic heterocycles. The third-order valence-electron chi connectivity index (χ3n) is 1.68. The van der Waals surface area contributed by atoms with Gasteiger partial charge < -0.3 is 4.55 Å². The third-order valence-corrected chi connectivity index (χ3v) is 2.25. The lowest BCUT2D eigenvalue weighted by atomic mass is 10.3. The van der Waals surface area contributed by atoms with E-state index in [1.54, 1.807) is 0 Å². The average molecular weight is 268 g/mol. The predicted octanol–water partition coefficient (Wildman–Crippen LogP) is 1.03. The standard InChI is InChI=1S/C7H6N2.CHF3O3S/c1-2-4-7-6(3-1)5-8-9-7;2-1(3,4)8(5,6)7/h1-5H,(H,8,9);(H,5,6,7). The Morgan fingerprint density at radius 2 is 1.76 bits per heavy atom. The molecule has 0 unspecified atom stereocenters. The molecule has 0 aliphatic heterocycles. The van der Waals surface area contributed by atoms with E-state index in [0.717, 1.165) is 5.52 Å². The number of H-pyrrole nitrogens is 2. The average Bonchev–Trinajstić information content (AvgIpc) is 2.62. The van der Waals surface area contributed by atoms with Crippen molar-refractivity contribution in [3.63, 3.8) is 0 Å². The van der Waals surface area contributed by atoms with E-state index in [0.29, 0.717) is 0 Å². The van der Waals surface area contributed by atoms with Gasteiger partial charge in [0.15, 0.2) is 10.1 Å². The molecule has 1 heterocycles. The molecule has 0 fully saturated rings. The highest BCUT2D eigenvalue weighted by Crippen LogP contribution is 2.20. The van der Waals surface area contributed by atoms with E-state index in [4.69, 9.17) is 13.0 Å². The summed E-state index contributed by atoms with van der Waals surface area (Å²) in [5.74, 6) is 0. The van der Waals surface area contributed by atoms with Crippen LogP contribution in [0.1, 0.15) is 0 Å². The summed E-state index contributed by atoms with van der Waals surface area (Å²) in [6, 6.07) is 8.12. The van der Waals surface area contributed by atoms with Crippen LogP contribution in [0.3, 0.4) is 0 Å². The molecule has 5 nitrogen and oxygen atoms in total. The fourth-order valence-electron chi connectivity index (χ4n) is 0.928. The molecule has 0 amide bonds. The summed E-state index contributed by atoms with van der Waals surface area (Å²) in [6.07, 6.45) is 1.94. The molecule has 17 heavy (non-hydrogen) atoms. The summed E-state index contributed by atoms with van der Waals surface area (Å²) in [6.45, 7) is 0. The molecule has 94 valence electrons. The molecule has 0 saturated heterocycles. The zero-order valence-electron chi connectivity index (χ0n) is 8.15. The largest absolute Gasteiger partial charge is 0.741 e. The number of halogens is 3. The number of hydrogen-bond acceptors (Lipinski definition) is 3. The summed E-state index contributed by atoms with van der Waals surface area (Å²) in [5, 5.41) is 7.13. The highest BCUT2D eigenvalue weighted by atomic mass is 32.2. The van der Waals surface area contributed by atoms with Crippen molar-refractivity contribution < 1.29 is 31.2 Å². The summed E-state index contributed by atoms with van der Waals surface area (Å²) >= 11 is 0. The van der Waals surface area contributed by atoms with E-state index < -0.39 is 15.6 Å². The van der Waals surface area contributed by atoms with Crippen molar-refractivity contribution in [2.24, 2.45) is 0 Å². The highest BCUT2D eigenvalue weighted by molar-refractivity contribution is 7.86. The number of alkyl halides is 3. The lowest BCUT2D eigenvalue weighted by Crippen LogP contribution is -2.21. The fraction of sp³-hybridized carbons (Fsp3) is 0.125. The number of hydrogen-bond donors (Lipinski definition) is 1. The first kappa shape index (κ1) is 13.5. The van der Waals surface area contributed by atoms with Crippen molar-refractivity contribution in [2.75, 3.05) is 0 Å². The minimum atomic E-state index is -6.09. The van der Waals surface area contributed by atoms with Gasteiger partial charge in [-0.1, -0.05) is 12.1 Å². The Hall–Kier alpha value is -1.61. The molecule has 0 bridgehead atoms. The van der Waals surface area contributed by atoms with Crippen LogP contribution >= 0.6 is 0 Å². The number of fused-ring (bicyclic) bond motifs is 1. The van der Waals surface area contributed by atoms with E-state index >= 15 is 0 Å². The van der Waals surface area contributed by atoms with Gasteiger partial charge in [-0.25, -0.2) is 8.42 Å². The van der Waals surface area contributed by atoms with E-state index in [2.05, 4.69) is 16.3 Å². The quantitative estimate of drug-likeness (QED) is 0.572. The molecular weight excluding hydrogens is 261 g/mol. The number of nitrogens with one attached hydrogen (secondary N) is 2. The van der Waals surface area contributed by atoms with Crippen LogP contribution in [0.4, 0.5) is 13.2 Å². The number of benzene rings is 1. The number of para-hydroxylation sites is 1. The van der Waals surface area contributed by atoms with Crippen LogP contribution < -0.4 is 5.10 Å². The zero-order chi connectivity index (χ0) is 13.1. The second-order valence-corrected chi connectivity index (χ2v) is 4.27. The summed E-state index contributed by atoms with van der Waals surface area (Å²) in [5.41, 5.74) is -4.50. The van der Waals surface area contributed by atoms with Crippen molar-refractivity contribution in [3.8, 4) is 0 Å². The number of aromatic nitrogens is 2. The molecule has 2 rings (SSSR count). The van der Waals surface area contributed by atoms with E-state index in [1.165, 1.54) is 5.39 Å². The summed E-state index contributed by atoms with van der Waals surface area (Å²) in [4.78, 5) is 0. The molecular formula is C8H7F3N2O3S. The van der Waals surface area contributed by atoms with Crippen LogP contribution in [0.2, 0.25) is 0 Å². The van der Waals surface area contributed by atoms with Crippen molar-refractivity contribution in [2.45, 2.75) is 5.51 Å². The van der Waals surface area contributed by atoms with Gasteiger partial charge in [-0.05, 0) is 12.1 Å². The van der Waals surface area contributed by atoms with Gasteiger partial charge in [-0.3, -0.25) is 0 Å². The molecule has 9 heteroatoms. The predicted molar refractivity (Wildman–Crippen MR) is 50.6 cm³/mol. The summed E-state index contributed by atoms with van der Waals surface area (Å²) < 4.78 is 58.9. The molecule has 0 aliphatic carbocycles. The molecule has 0 aliphatic rings. The van der Waals surface area contributed by atoms with Crippen molar-refractivity contribution in [1.29, 1.82) is 0 Å². The Bertz CT molecular complexity index is 561. The molecule has 0 radical (unpaired) electrons. The maximum Gasteiger partial charge on any atom is 0.485 e. The number of aromatic amines is 2. The maximum atomic E-state index is 10.7. The Morgan fingerprint density at radius 3 is 2.24 bits per heavy atom. The van der Waals surface area contributed by atoms with Crippen molar-refractivity contribution in [1.82, 2.24) is 5.10 Å². The van der Waals surface area contributed by atoms with E-state index in [9.17, 15) is 13.2 Å². The molecule has 1 aromatic carbocycles. The SMILES string of the molecule is O=S(=O)([O-])C(F)(F)F.c1ccc2[nH][nH+]cc2c1. The third kappa shape index (κ3) is 3.71. The Kier molecular flexibility index (Phi) is 3.73. The van der Waals surface area contributed by atoms with Crippen LogP contribution in [0, 0.1) is 0 Å². The normalized spacial score (nSPS) is 12.0. The first-order chi connectivity index (χ1) is 7.72. The van der Waals surface area contributed by atoms with Gasteiger partial charge in [0.2, 0.25) is 6.20 Å². The lowest BCUT2D eigenvalue weighted by molar-refractivity contribution is -0.446. The van der Waals surface area contributed by atoms with Gasteiger partial charge in [-0.15, -0.1) is 5.10 Å². The topological polar surface area (TPSA) is 87.1 Å². The Morgan fingerprint density at radius 1 is 1.24 bits per heavy atom. The first-order valence-electron chi connectivity index (χ1n) is 4.18. The fourth-order valence-corrected chi connectivity index (χ4v) is 0.928. The van der Waals surface area contributed by atoms with Crippen LogP contribution in [-0.4, -0.2) is 23.6 Å². The maximum absolute atomic E-state index is 10.7. The molecule has 2 N–H and O–H groups in total. The molecule has 0 spiro atoms. The minimum Gasteiger partial charge on any atom is -0.741 e. The Balaban J connectivity index is 0.000000172. The first-order valence-corrected chi connectivity index (χ1v) is 5.58. The van der Waals surface area contributed by atoms with Gasteiger partial charge >= 0.3 is 5.51 Å². The van der Waals surface area contributed by atoms with Crippen LogP contribution in [-0.2, 0) is 10.1 Å². The monoisotopic (exact) mass is 268 g/mol. The van der Waals surface area contributed by atoms with Crippen LogP contribution in [0.25, 0.3) is 10.9 Å². The molecule has 0 atom stereocenters. The van der Waals surface area contributed by atoms with Gasteiger partial charge in [0.05, 0.1) is 5.39 Å². The molecule has 2 aromatic rings. The highest BCUT2D eigenvalue weighted by Gasteiger charge is 2.36. The van der Waals surface area contributed by atoms with Crippen LogP contribution in [0.15, 0.2) is 30.5 Å². The molecule has 0 saturated carbocycles. The van der Waals surface area contributed by atoms with E-state index in [1.807, 2.05) is 24.4 Å². The second kappa shape index (κ2) is 4.72. The van der Waals surface area contributed by atoms with Crippen molar-refractivity contribution >= 4 is 21.0 Å². The van der Waals surface area contributed by atoms with Crippen molar-refractivity contribution in [3.05, 3.63) is 30.5 Å². The van der Waals surface area contributed by atoms with Gasteiger partial charge in [0.1, 0.15) is 5.52 Å². The van der Waals surface area contributed by atoms with Crippen LogP contribution in [0.5, 0.6) is 0 Å². The number of rotatable bonds is 0. The second-order valence-electron chi connectivity index (χ2n) is 2.90. The smallest absolute Gasteiger partial charge is 0.485 e. The van der Waals surface area contributed by atoms with Gasteiger partial charge in [0.25, 0.3) is 0 Å². The Labute approximate surface area is 94.0 Å². The van der Waals surface area contributed by atoms with E-state index in [-0.39, 0.29) is 0 Å². The lowest BCUT2D eigenvalue weighted by Gasteiger charge is -2.08. The van der Waals surface area contributed by atoms with Gasteiger partial charge in [-0.2, -0.15) is 18.3 Å².